The van der Waals surface area contributed by atoms with E-state index in [0.717, 1.165) is 41.7 Å². The first-order valence-corrected chi connectivity index (χ1v) is 7.27. The lowest BCUT2D eigenvalue weighted by molar-refractivity contribution is 0.151. The summed E-state index contributed by atoms with van der Waals surface area (Å²) in [5.74, 6) is 0. The van der Waals surface area contributed by atoms with Gasteiger partial charge in [0.05, 0.1) is 10.6 Å². The summed E-state index contributed by atoms with van der Waals surface area (Å²) < 4.78 is 4.98. The zero-order valence-electron chi connectivity index (χ0n) is 9.82. The molecule has 0 N–H and O–H groups in total. The van der Waals surface area contributed by atoms with Gasteiger partial charge >= 0.3 is 0 Å². The van der Waals surface area contributed by atoms with E-state index in [4.69, 9.17) is 27.9 Å². The van der Waals surface area contributed by atoms with Gasteiger partial charge in [-0.25, -0.2) is 0 Å². The topological polar surface area (TPSA) is 9.23 Å². The van der Waals surface area contributed by atoms with Crippen molar-refractivity contribution in [2.24, 2.45) is 0 Å². The number of unbranched alkanes of at least 4 members (excludes halogenated alkanes) is 3. The van der Waals surface area contributed by atoms with Crippen molar-refractivity contribution in [3.63, 3.8) is 0 Å². The van der Waals surface area contributed by atoms with Crippen LogP contribution in [-0.2, 0) is 4.74 Å². The molecule has 0 aliphatic heterocycles. The molecular weight excluding hydrogens is 247 g/mol. The van der Waals surface area contributed by atoms with Crippen LogP contribution in [0.3, 0.4) is 0 Å². The third-order valence-electron chi connectivity index (χ3n) is 2.00. The Hall–Kier alpha value is 0.497. The van der Waals surface area contributed by atoms with E-state index in [1.165, 1.54) is 12.8 Å². The van der Waals surface area contributed by atoms with Crippen molar-refractivity contribution in [1.29, 1.82) is 0 Å². The second-order valence-electron chi connectivity index (χ2n) is 4.24. The molecule has 0 heterocycles. The number of hydrogen-bond acceptors (Lipinski definition) is 1. The van der Waals surface area contributed by atoms with Crippen LogP contribution in [0.5, 0.6) is 0 Å². The minimum atomic E-state index is -0.420. The van der Waals surface area contributed by atoms with E-state index in [1.54, 1.807) is 0 Å². The van der Waals surface area contributed by atoms with Crippen molar-refractivity contribution in [2.45, 2.75) is 43.0 Å². The summed E-state index contributed by atoms with van der Waals surface area (Å²) in [5.41, 5.74) is 1.08. The second-order valence-corrected chi connectivity index (χ2v) is 9.08. The molecule has 0 saturated heterocycles. The van der Waals surface area contributed by atoms with Crippen molar-refractivity contribution in [3.8, 4) is 0 Å². The van der Waals surface area contributed by atoms with Crippen LogP contribution >= 0.6 is 23.2 Å². The standard InChI is InChI=1S/C11H22Cl2OSi/c1-10(2)9-14-8-6-4-3-5-7-11(12,13)15/h1,3-9H2,2,15H3. The first-order valence-electron chi connectivity index (χ1n) is 5.52. The highest BCUT2D eigenvalue weighted by atomic mass is 35.5. The lowest BCUT2D eigenvalue weighted by atomic mass is 10.1. The molecule has 0 radical (unpaired) electrons. The predicted molar refractivity (Wildman–Crippen MR) is 73.1 cm³/mol. The Morgan fingerprint density at radius 1 is 1.27 bits per heavy atom. The van der Waals surface area contributed by atoms with E-state index in [-0.39, 0.29) is 0 Å². The van der Waals surface area contributed by atoms with Gasteiger partial charge in [0.1, 0.15) is 0 Å². The summed E-state index contributed by atoms with van der Waals surface area (Å²) in [5, 5.41) is 0. The van der Waals surface area contributed by atoms with Crippen LogP contribution in [0.15, 0.2) is 12.2 Å². The maximum Gasteiger partial charge on any atom is 0.0972 e. The number of hydrogen-bond donors (Lipinski definition) is 0. The van der Waals surface area contributed by atoms with Crippen LogP contribution in [-0.4, -0.2) is 27.4 Å². The molecule has 0 rings (SSSR count). The molecule has 90 valence electrons. The quantitative estimate of drug-likeness (QED) is 0.270. The van der Waals surface area contributed by atoms with Gasteiger partial charge in [-0.2, -0.15) is 0 Å². The molecule has 0 unspecified atom stereocenters. The predicted octanol–water partition coefficient (Wildman–Crippen LogP) is 3.03. The average Bonchev–Trinajstić information content (AvgIpc) is 2.07. The highest BCUT2D eigenvalue weighted by Crippen LogP contribution is 2.23. The fraction of sp³-hybridized carbons (Fsp3) is 0.818. The van der Waals surface area contributed by atoms with Crippen molar-refractivity contribution in [3.05, 3.63) is 12.2 Å². The van der Waals surface area contributed by atoms with Gasteiger partial charge in [-0.3, -0.25) is 0 Å². The summed E-state index contributed by atoms with van der Waals surface area (Å²) >= 11 is 11.8. The largest absolute Gasteiger partial charge is 0.377 e. The van der Waals surface area contributed by atoms with E-state index in [2.05, 4.69) is 6.58 Å². The third kappa shape index (κ3) is 14.5. The van der Waals surface area contributed by atoms with Crippen LogP contribution < -0.4 is 0 Å². The molecule has 0 atom stereocenters. The van der Waals surface area contributed by atoms with Crippen molar-refractivity contribution in [1.82, 2.24) is 0 Å². The van der Waals surface area contributed by atoms with Gasteiger partial charge in [0.15, 0.2) is 0 Å². The monoisotopic (exact) mass is 268 g/mol. The number of rotatable bonds is 9. The number of halogens is 2. The fourth-order valence-corrected chi connectivity index (χ4v) is 1.86. The molecule has 1 nitrogen and oxygen atoms in total. The smallest absolute Gasteiger partial charge is 0.0972 e. The highest BCUT2D eigenvalue weighted by molar-refractivity contribution is 6.65. The second kappa shape index (κ2) is 8.63. The van der Waals surface area contributed by atoms with Crippen LogP contribution in [0, 0.1) is 0 Å². The van der Waals surface area contributed by atoms with Gasteiger partial charge < -0.3 is 4.74 Å². The number of ether oxygens (including phenoxy) is 1. The van der Waals surface area contributed by atoms with Crippen LogP contribution in [0.25, 0.3) is 0 Å². The van der Waals surface area contributed by atoms with Gasteiger partial charge in [-0.1, -0.05) is 31.4 Å². The molecule has 0 aliphatic rings. The van der Waals surface area contributed by atoms with Crippen LogP contribution in [0.1, 0.15) is 39.0 Å². The van der Waals surface area contributed by atoms with E-state index < -0.39 is 3.96 Å². The van der Waals surface area contributed by atoms with Crippen molar-refractivity contribution >= 4 is 33.4 Å². The first kappa shape index (κ1) is 15.5. The normalized spacial score (nSPS) is 11.9. The lowest BCUT2D eigenvalue weighted by Crippen LogP contribution is -2.11. The minimum Gasteiger partial charge on any atom is -0.377 e. The zero-order chi connectivity index (χ0) is 11.7. The maximum absolute atomic E-state index is 5.92. The summed E-state index contributed by atoms with van der Waals surface area (Å²) in [6, 6.07) is 0. The van der Waals surface area contributed by atoms with E-state index in [9.17, 15) is 0 Å². The molecule has 4 heteroatoms. The van der Waals surface area contributed by atoms with Gasteiger partial charge in [0, 0.05) is 16.8 Å². The van der Waals surface area contributed by atoms with Crippen molar-refractivity contribution in [2.75, 3.05) is 13.2 Å². The molecule has 0 fully saturated rings. The fourth-order valence-electron chi connectivity index (χ4n) is 1.24. The van der Waals surface area contributed by atoms with Crippen molar-refractivity contribution < 1.29 is 4.74 Å². The molecule has 0 aromatic heterocycles. The SMILES string of the molecule is C=C(C)COCCCCCCC([SiH3])(Cl)Cl. The Morgan fingerprint density at radius 2 is 1.87 bits per heavy atom. The average molecular weight is 269 g/mol. The Bertz CT molecular complexity index is 178. The lowest BCUT2D eigenvalue weighted by Gasteiger charge is -2.12. The summed E-state index contributed by atoms with van der Waals surface area (Å²) in [4.78, 5) is 0. The molecule has 15 heavy (non-hydrogen) atoms. The van der Waals surface area contributed by atoms with E-state index >= 15 is 0 Å². The van der Waals surface area contributed by atoms with Crippen LogP contribution in [0.4, 0.5) is 0 Å². The van der Waals surface area contributed by atoms with Gasteiger partial charge in [-0.15, -0.1) is 23.2 Å². The molecule has 0 spiro atoms. The van der Waals surface area contributed by atoms with E-state index in [1.807, 2.05) is 6.92 Å². The Balaban J connectivity index is 3.09. The maximum atomic E-state index is 5.92. The molecule has 0 bridgehead atoms. The molecule has 0 aliphatic carbocycles. The summed E-state index contributed by atoms with van der Waals surface area (Å²) in [6.45, 7) is 7.28. The summed E-state index contributed by atoms with van der Waals surface area (Å²) in [6.07, 6.45) is 5.55. The molecular formula is C11H22Cl2OSi. The Morgan fingerprint density at radius 3 is 2.40 bits per heavy atom. The molecule has 0 amide bonds. The Labute approximate surface area is 107 Å². The van der Waals surface area contributed by atoms with Gasteiger partial charge in [0.2, 0.25) is 0 Å². The zero-order valence-corrected chi connectivity index (χ0v) is 13.3. The first-order chi connectivity index (χ1) is 6.92. The Kier molecular flexibility index (Phi) is 8.91. The highest BCUT2D eigenvalue weighted by Gasteiger charge is 2.14. The summed E-state index contributed by atoms with van der Waals surface area (Å²) in [7, 11) is 0.843. The number of alkyl halides is 2. The minimum absolute atomic E-state index is 0.420. The molecule has 0 aromatic rings. The van der Waals surface area contributed by atoms with Gasteiger partial charge in [0.25, 0.3) is 0 Å². The van der Waals surface area contributed by atoms with Crippen LogP contribution in [0.2, 0.25) is 0 Å². The van der Waals surface area contributed by atoms with E-state index in [0.29, 0.717) is 6.61 Å². The third-order valence-corrected chi connectivity index (χ3v) is 2.88. The molecule has 0 saturated carbocycles. The van der Waals surface area contributed by atoms with Gasteiger partial charge in [-0.05, 0) is 19.8 Å². The molecule has 0 aromatic carbocycles.